The minimum absolute atomic E-state index is 0.410. The summed E-state index contributed by atoms with van der Waals surface area (Å²) in [7, 11) is -7.11. The van der Waals surface area contributed by atoms with E-state index < -0.39 is 23.3 Å². The summed E-state index contributed by atoms with van der Waals surface area (Å²) in [5, 5.41) is -0.867. The smallest absolute Gasteiger partial charge is 0.307 e. The minimum atomic E-state index is -4.89. The van der Waals surface area contributed by atoms with Crippen LogP contribution in [-0.4, -0.2) is 27.3 Å². The van der Waals surface area contributed by atoms with Crippen LogP contribution in [0.3, 0.4) is 0 Å². The van der Waals surface area contributed by atoms with Gasteiger partial charge in [-0.25, -0.2) is 9.13 Å². The standard InChI is InChI=1S/C8H14N2O3S.H3O4P/c1-3-4-8(14(11,12)13)10-6-5-9(2)7-10;1-5(2,3)4/h5-8H,3-4H2,1-2H3;(H3,1,2,3,4). The Kier molecular flexibility index (Phi) is 6.84. The first-order valence-corrected chi connectivity index (χ1v) is 8.24. The summed E-state index contributed by atoms with van der Waals surface area (Å²) in [5.74, 6) is 0. The highest BCUT2D eigenvalue weighted by atomic mass is 32.2. The van der Waals surface area contributed by atoms with Gasteiger partial charge < -0.3 is 14.7 Å². The first kappa shape index (κ1) is 18.2. The van der Waals surface area contributed by atoms with Crippen LogP contribution in [0.15, 0.2) is 18.7 Å². The second-order valence-corrected chi connectivity index (χ2v) is 6.33. The fourth-order valence-corrected chi connectivity index (χ4v) is 2.30. The van der Waals surface area contributed by atoms with Crippen molar-refractivity contribution in [3.05, 3.63) is 18.7 Å². The maximum Gasteiger partial charge on any atom is 0.307 e. The predicted octanol–water partition coefficient (Wildman–Crippen LogP) is -1.06. The molecule has 0 fully saturated rings. The molecule has 0 spiro atoms. The van der Waals surface area contributed by atoms with Crippen molar-refractivity contribution >= 4 is 17.9 Å². The van der Waals surface area contributed by atoms with Crippen molar-refractivity contribution in [2.45, 2.75) is 25.1 Å². The molecule has 0 radical (unpaired) electrons. The van der Waals surface area contributed by atoms with Crippen LogP contribution in [0, 0.1) is 0 Å². The molecule has 11 heteroatoms. The first-order valence-electron chi connectivity index (χ1n) is 5.20. The lowest BCUT2D eigenvalue weighted by Crippen LogP contribution is -2.26. The van der Waals surface area contributed by atoms with Crippen molar-refractivity contribution in [2.75, 3.05) is 0 Å². The van der Waals surface area contributed by atoms with Gasteiger partial charge in [-0.3, -0.25) is 9.12 Å². The molecule has 0 aromatic carbocycles. The molecule has 0 aliphatic heterocycles. The third kappa shape index (κ3) is 8.87. The fraction of sp³-hybridized carbons (Fsp3) is 0.625. The van der Waals surface area contributed by atoms with Crippen molar-refractivity contribution in [1.82, 2.24) is 4.57 Å². The molecule has 9 nitrogen and oxygen atoms in total. The molecule has 0 amide bonds. The summed E-state index contributed by atoms with van der Waals surface area (Å²) in [6.45, 7) is 1.88. The molecule has 1 aromatic rings. The van der Waals surface area contributed by atoms with E-state index in [9.17, 15) is 8.42 Å². The summed E-state index contributed by atoms with van der Waals surface area (Å²) in [4.78, 5) is 22.9. The molecule has 19 heavy (non-hydrogen) atoms. The van der Waals surface area contributed by atoms with Crippen LogP contribution in [0.2, 0.25) is 0 Å². The number of hydrogen-bond acceptors (Lipinski definition) is 4. The maximum absolute atomic E-state index is 11.1. The molecular formula is C8H17N2O7PS. The predicted molar refractivity (Wildman–Crippen MR) is 63.1 cm³/mol. The van der Waals surface area contributed by atoms with Crippen molar-refractivity contribution in [1.29, 1.82) is 0 Å². The molecule has 1 atom stereocenters. The Hall–Kier alpha value is -0.770. The number of aryl methyl sites for hydroxylation is 1. The summed E-state index contributed by atoms with van der Waals surface area (Å²) in [5.41, 5.74) is 0. The molecule has 0 aliphatic carbocycles. The Morgan fingerprint density at radius 1 is 1.47 bits per heavy atom. The maximum atomic E-state index is 11.1. The van der Waals surface area contributed by atoms with Gasteiger partial charge in [-0.2, -0.15) is 8.42 Å². The second kappa shape index (κ2) is 7.13. The fourth-order valence-electron chi connectivity index (χ4n) is 1.34. The van der Waals surface area contributed by atoms with Crippen molar-refractivity contribution in [2.24, 2.45) is 7.05 Å². The van der Waals surface area contributed by atoms with E-state index in [-0.39, 0.29) is 0 Å². The Labute approximate surface area is 111 Å². The van der Waals surface area contributed by atoms with E-state index in [1.54, 1.807) is 30.3 Å². The van der Waals surface area contributed by atoms with Gasteiger partial charge in [0, 0.05) is 6.42 Å². The average Bonchev–Trinajstić information content (AvgIpc) is 2.56. The molecule has 0 saturated heterocycles. The highest BCUT2D eigenvalue weighted by Gasteiger charge is 2.28. The van der Waals surface area contributed by atoms with E-state index in [0.29, 0.717) is 12.8 Å². The van der Waals surface area contributed by atoms with Crippen LogP contribution in [0.4, 0.5) is 0 Å². The molecule has 112 valence electrons. The molecular weight excluding hydrogens is 299 g/mol. The van der Waals surface area contributed by atoms with E-state index in [1.165, 1.54) is 4.57 Å². The zero-order chi connectivity index (χ0) is 15.3. The third-order valence-electron chi connectivity index (χ3n) is 2.00. The zero-order valence-electron chi connectivity index (χ0n) is 10.4. The van der Waals surface area contributed by atoms with Crippen LogP contribution in [0.1, 0.15) is 25.1 Å². The molecule has 3 N–H and O–H groups in total. The third-order valence-corrected chi connectivity index (χ3v) is 3.17. The highest BCUT2D eigenvalue weighted by Crippen LogP contribution is 2.19. The van der Waals surface area contributed by atoms with Crippen LogP contribution in [-0.2, 0) is 21.7 Å². The van der Waals surface area contributed by atoms with Gasteiger partial charge in [-0.15, -0.1) is 0 Å². The van der Waals surface area contributed by atoms with E-state index in [1.807, 2.05) is 6.92 Å². The van der Waals surface area contributed by atoms with Crippen LogP contribution in [0.25, 0.3) is 0 Å². The second-order valence-electron chi connectivity index (χ2n) is 3.78. The molecule has 0 aliphatic rings. The van der Waals surface area contributed by atoms with Gasteiger partial charge in [0.2, 0.25) is 11.7 Å². The van der Waals surface area contributed by atoms with E-state index in [0.717, 1.165) is 0 Å². The summed E-state index contributed by atoms with van der Waals surface area (Å²) < 4.78 is 43.1. The molecule has 1 unspecified atom stereocenters. The quantitative estimate of drug-likeness (QED) is 0.365. The largest absolute Gasteiger partial charge is 0.756 e. The van der Waals surface area contributed by atoms with E-state index in [2.05, 4.69) is 0 Å². The number of aromatic nitrogens is 2. The lowest BCUT2D eigenvalue weighted by atomic mass is 10.3. The molecule has 1 heterocycles. The number of phosphoric acid groups is 1. The Morgan fingerprint density at radius 3 is 2.21 bits per heavy atom. The van der Waals surface area contributed by atoms with Gasteiger partial charge in [0.25, 0.3) is 7.82 Å². The van der Waals surface area contributed by atoms with E-state index >= 15 is 0 Å². The van der Waals surface area contributed by atoms with E-state index in [4.69, 9.17) is 23.8 Å². The van der Waals surface area contributed by atoms with Crippen molar-refractivity contribution in [3.63, 3.8) is 0 Å². The van der Waals surface area contributed by atoms with Crippen molar-refractivity contribution in [3.8, 4) is 0 Å². The Balaban J connectivity index is 0.000000555. The lowest BCUT2D eigenvalue weighted by molar-refractivity contribution is -0.671. The normalized spacial score (nSPS) is 13.6. The molecule has 0 saturated carbocycles. The molecule has 1 rings (SSSR count). The van der Waals surface area contributed by atoms with Gasteiger partial charge in [-0.05, 0) is 0 Å². The van der Waals surface area contributed by atoms with Gasteiger partial charge in [0.05, 0.1) is 7.05 Å². The Morgan fingerprint density at radius 2 is 1.95 bits per heavy atom. The summed E-state index contributed by atoms with van der Waals surface area (Å²) >= 11 is 0. The van der Waals surface area contributed by atoms with Gasteiger partial charge in [0.1, 0.15) is 12.4 Å². The number of hydrogen-bond donors (Lipinski definition) is 3. The SMILES string of the molecule is CCCC(n1cc[n+](C)c1)S(=O)(=O)O.O=P([O-])(O)O. The van der Waals surface area contributed by atoms with Gasteiger partial charge in [-0.1, -0.05) is 13.3 Å². The lowest BCUT2D eigenvalue weighted by Gasteiger charge is -2.08. The zero-order valence-corrected chi connectivity index (χ0v) is 12.2. The van der Waals surface area contributed by atoms with Gasteiger partial charge in [0.15, 0.2) is 0 Å². The molecule has 0 bridgehead atoms. The average molecular weight is 316 g/mol. The summed E-state index contributed by atoms with van der Waals surface area (Å²) in [6, 6.07) is 0. The molecule has 1 aromatic heterocycles. The first-order chi connectivity index (χ1) is 8.45. The van der Waals surface area contributed by atoms with Crippen LogP contribution >= 0.6 is 7.82 Å². The summed E-state index contributed by atoms with van der Waals surface area (Å²) in [6.07, 6.45) is 6.11. The minimum Gasteiger partial charge on any atom is -0.756 e. The van der Waals surface area contributed by atoms with Crippen LogP contribution in [0.5, 0.6) is 0 Å². The van der Waals surface area contributed by atoms with Gasteiger partial charge >= 0.3 is 10.1 Å². The number of rotatable bonds is 4. The number of nitrogens with zero attached hydrogens (tertiary/aromatic N) is 2. The van der Waals surface area contributed by atoms with Crippen molar-refractivity contribution < 1.29 is 36.8 Å². The Bertz CT molecular complexity index is 527. The monoisotopic (exact) mass is 316 g/mol. The topological polar surface area (TPSA) is 144 Å². The van der Waals surface area contributed by atoms with Crippen LogP contribution < -0.4 is 9.46 Å². The highest BCUT2D eigenvalue weighted by molar-refractivity contribution is 7.85. The number of imidazole rings is 1.